The van der Waals surface area contributed by atoms with E-state index in [1.165, 1.54) is 0 Å². The van der Waals surface area contributed by atoms with Crippen LogP contribution in [-0.2, 0) is 17.6 Å². The Morgan fingerprint density at radius 3 is 2.50 bits per heavy atom. The van der Waals surface area contributed by atoms with Crippen LogP contribution in [0.2, 0.25) is 0 Å². The maximum Gasteiger partial charge on any atom is 0.227 e. The number of imidazole rings is 1. The molecule has 174 valence electrons. The number of anilines is 1. The molecule has 2 aromatic heterocycles. The molecule has 7 heteroatoms. The zero-order valence-electron chi connectivity index (χ0n) is 19.6. The van der Waals surface area contributed by atoms with Gasteiger partial charge in [0.05, 0.1) is 13.5 Å². The molecule has 5 rings (SSSR count). The highest BCUT2D eigenvalue weighted by Crippen LogP contribution is 2.23. The lowest BCUT2D eigenvalue weighted by Crippen LogP contribution is -2.49. The van der Waals surface area contributed by atoms with E-state index in [0.29, 0.717) is 6.42 Å². The Morgan fingerprint density at radius 2 is 1.76 bits per heavy atom. The van der Waals surface area contributed by atoms with Crippen molar-refractivity contribution in [1.82, 2.24) is 19.4 Å². The zero-order chi connectivity index (χ0) is 23.5. The van der Waals surface area contributed by atoms with E-state index in [9.17, 15) is 4.79 Å². The van der Waals surface area contributed by atoms with Crippen LogP contribution >= 0.6 is 0 Å². The van der Waals surface area contributed by atoms with Crippen LogP contribution in [0.3, 0.4) is 0 Å². The van der Waals surface area contributed by atoms with Gasteiger partial charge in [-0.05, 0) is 42.0 Å². The third kappa shape index (κ3) is 4.33. The molecule has 0 N–H and O–H groups in total. The number of pyridine rings is 1. The van der Waals surface area contributed by atoms with Crippen LogP contribution in [0.5, 0.6) is 5.75 Å². The summed E-state index contributed by atoms with van der Waals surface area (Å²) in [7, 11) is 1.68. The molecule has 2 aromatic carbocycles. The molecule has 0 bridgehead atoms. The summed E-state index contributed by atoms with van der Waals surface area (Å²) < 4.78 is 7.43. The summed E-state index contributed by atoms with van der Waals surface area (Å²) in [4.78, 5) is 26.5. The predicted octanol–water partition coefficient (Wildman–Crippen LogP) is 3.88. The molecule has 1 aliphatic heterocycles. The van der Waals surface area contributed by atoms with Gasteiger partial charge in [0.15, 0.2) is 5.65 Å². The number of hydrogen-bond acceptors (Lipinski definition) is 5. The van der Waals surface area contributed by atoms with Gasteiger partial charge < -0.3 is 14.5 Å². The van der Waals surface area contributed by atoms with Gasteiger partial charge in [-0.2, -0.15) is 0 Å². The number of benzene rings is 2. The Labute approximate surface area is 199 Å². The van der Waals surface area contributed by atoms with Crippen molar-refractivity contribution in [3.63, 3.8) is 0 Å². The molecule has 0 atom stereocenters. The molecule has 0 spiro atoms. The van der Waals surface area contributed by atoms with Crippen LogP contribution < -0.4 is 9.64 Å². The highest BCUT2D eigenvalue weighted by atomic mass is 16.5. The zero-order valence-corrected chi connectivity index (χ0v) is 19.6. The highest BCUT2D eigenvalue weighted by molar-refractivity contribution is 5.79. The minimum Gasteiger partial charge on any atom is -0.497 e. The summed E-state index contributed by atoms with van der Waals surface area (Å²) in [5.41, 5.74) is 4.92. The molecule has 1 amide bonds. The third-order valence-electron chi connectivity index (χ3n) is 6.40. The van der Waals surface area contributed by atoms with Gasteiger partial charge in [0, 0.05) is 56.2 Å². The summed E-state index contributed by atoms with van der Waals surface area (Å²) in [6, 6.07) is 20.2. The fraction of sp³-hybridized carbons (Fsp3) is 0.296. The van der Waals surface area contributed by atoms with Gasteiger partial charge in [0.25, 0.3) is 0 Å². The second kappa shape index (κ2) is 9.55. The van der Waals surface area contributed by atoms with Crippen LogP contribution in [0.4, 0.5) is 5.69 Å². The lowest BCUT2D eigenvalue weighted by atomic mass is 10.1. The van der Waals surface area contributed by atoms with Crippen molar-refractivity contribution < 1.29 is 9.53 Å². The van der Waals surface area contributed by atoms with Crippen LogP contribution in [0, 0.1) is 0 Å². The molecule has 0 radical (unpaired) electrons. The van der Waals surface area contributed by atoms with Gasteiger partial charge >= 0.3 is 0 Å². The second-order valence-electron chi connectivity index (χ2n) is 8.48. The Hall–Kier alpha value is -3.87. The summed E-state index contributed by atoms with van der Waals surface area (Å²) in [5, 5.41) is 0. The number of ether oxygens (including phenoxy) is 1. The smallest absolute Gasteiger partial charge is 0.227 e. The molecule has 7 nitrogen and oxygen atoms in total. The van der Waals surface area contributed by atoms with Gasteiger partial charge in [-0.15, -0.1) is 0 Å². The number of aromatic nitrogens is 3. The monoisotopic (exact) mass is 455 g/mol. The molecule has 0 unspecified atom stereocenters. The molecule has 4 aromatic rings. The molecular formula is C27H29N5O2. The first kappa shape index (κ1) is 21.9. The summed E-state index contributed by atoms with van der Waals surface area (Å²) in [6.07, 6.45) is 3.02. The Balaban J connectivity index is 1.23. The summed E-state index contributed by atoms with van der Waals surface area (Å²) in [6.45, 7) is 5.18. The topological polar surface area (TPSA) is 63.5 Å². The minimum atomic E-state index is 0.169. The van der Waals surface area contributed by atoms with Crippen molar-refractivity contribution in [2.24, 2.45) is 0 Å². The number of rotatable bonds is 6. The number of piperazine rings is 1. The molecule has 0 aliphatic carbocycles. The van der Waals surface area contributed by atoms with E-state index < -0.39 is 0 Å². The SMILES string of the molecule is CCc1nc2cccnc2n1-c1ccc(CC(=O)N2CCN(c3cccc(OC)c3)CC2)cc1. The second-order valence-corrected chi connectivity index (χ2v) is 8.48. The molecule has 3 heterocycles. The maximum absolute atomic E-state index is 13.0. The van der Waals surface area contributed by atoms with Crippen LogP contribution in [0.15, 0.2) is 66.9 Å². The Kier molecular flexibility index (Phi) is 6.16. The first-order valence-corrected chi connectivity index (χ1v) is 11.7. The van der Waals surface area contributed by atoms with Crippen molar-refractivity contribution in [3.8, 4) is 11.4 Å². The average Bonchev–Trinajstić information content (AvgIpc) is 3.28. The van der Waals surface area contributed by atoms with Crippen molar-refractivity contribution in [1.29, 1.82) is 0 Å². The maximum atomic E-state index is 13.0. The van der Waals surface area contributed by atoms with Gasteiger partial charge in [-0.1, -0.05) is 25.1 Å². The fourth-order valence-electron chi connectivity index (χ4n) is 4.54. The van der Waals surface area contributed by atoms with Crippen molar-refractivity contribution in [2.45, 2.75) is 19.8 Å². The molecule has 1 fully saturated rings. The first-order valence-electron chi connectivity index (χ1n) is 11.7. The number of amides is 1. The van der Waals surface area contributed by atoms with Crippen molar-refractivity contribution >= 4 is 22.8 Å². The molecule has 1 aliphatic rings. The number of methoxy groups -OCH3 is 1. The minimum absolute atomic E-state index is 0.169. The standard InChI is InChI=1S/C27H29N5O2/c1-3-25-29-24-8-5-13-28-27(24)32(25)21-11-9-20(10-12-21)18-26(33)31-16-14-30(15-17-31)22-6-4-7-23(19-22)34-2/h4-13,19H,3,14-18H2,1-2H3. The van der Waals surface area contributed by atoms with Gasteiger partial charge in [0.2, 0.25) is 5.91 Å². The van der Waals surface area contributed by atoms with Crippen molar-refractivity contribution in [2.75, 3.05) is 38.2 Å². The normalized spacial score (nSPS) is 13.9. The van der Waals surface area contributed by atoms with Crippen LogP contribution in [0.1, 0.15) is 18.3 Å². The number of carbonyl (C=O) groups excluding carboxylic acids is 1. The van der Waals surface area contributed by atoms with E-state index in [-0.39, 0.29) is 5.91 Å². The third-order valence-corrected chi connectivity index (χ3v) is 6.40. The number of hydrogen-bond donors (Lipinski definition) is 0. The quantitative estimate of drug-likeness (QED) is 0.442. The van der Waals surface area contributed by atoms with Crippen molar-refractivity contribution in [3.05, 3.63) is 78.2 Å². The lowest BCUT2D eigenvalue weighted by molar-refractivity contribution is -0.130. The van der Waals surface area contributed by atoms with Gasteiger partial charge in [0.1, 0.15) is 17.1 Å². The number of aryl methyl sites for hydroxylation is 1. The summed E-state index contributed by atoms with van der Waals surface area (Å²) >= 11 is 0. The molecular weight excluding hydrogens is 426 g/mol. The number of carbonyl (C=O) groups is 1. The van der Waals surface area contributed by atoms with Gasteiger partial charge in [-0.25, -0.2) is 9.97 Å². The van der Waals surface area contributed by atoms with E-state index >= 15 is 0 Å². The molecule has 0 saturated carbocycles. The van der Waals surface area contributed by atoms with E-state index in [4.69, 9.17) is 9.72 Å². The van der Waals surface area contributed by atoms with Gasteiger partial charge in [-0.3, -0.25) is 9.36 Å². The van der Waals surface area contributed by atoms with E-state index in [1.807, 2.05) is 47.4 Å². The van der Waals surface area contributed by atoms with Crippen LogP contribution in [0.25, 0.3) is 16.9 Å². The van der Waals surface area contributed by atoms with Crippen LogP contribution in [-0.4, -0.2) is 58.6 Å². The predicted molar refractivity (Wildman–Crippen MR) is 134 cm³/mol. The number of nitrogens with zero attached hydrogens (tertiary/aromatic N) is 5. The summed E-state index contributed by atoms with van der Waals surface area (Å²) in [5.74, 6) is 2.00. The van der Waals surface area contributed by atoms with E-state index in [1.54, 1.807) is 13.3 Å². The van der Waals surface area contributed by atoms with E-state index in [2.05, 4.69) is 39.6 Å². The largest absolute Gasteiger partial charge is 0.497 e. The fourth-order valence-corrected chi connectivity index (χ4v) is 4.54. The molecule has 1 saturated heterocycles. The molecule has 34 heavy (non-hydrogen) atoms. The van der Waals surface area contributed by atoms with E-state index in [0.717, 1.165) is 72.3 Å². The lowest BCUT2D eigenvalue weighted by Gasteiger charge is -2.36. The number of fused-ring (bicyclic) bond motifs is 1. The highest BCUT2D eigenvalue weighted by Gasteiger charge is 2.22. The first-order chi connectivity index (χ1) is 16.7. The Morgan fingerprint density at radius 1 is 0.971 bits per heavy atom. The average molecular weight is 456 g/mol. The Bertz CT molecular complexity index is 1290.